The summed E-state index contributed by atoms with van der Waals surface area (Å²) in [5.41, 5.74) is -1.42. The quantitative estimate of drug-likeness (QED) is 0.478. The van der Waals surface area contributed by atoms with Gasteiger partial charge < -0.3 is 5.32 Å². The molecule has 0 aliphatic carbocycles. The van der Waals surface area contributed by atoms with Crippen LogP contribution in [-0.2, 0) is 11.0 Å². The van der Waals surface area contributed by atoms with Crippen molar-refractivity contribution in [3.8, 4) is 0 Å². The normalized spacial score (nSPS) is 11.9. The molecule has 2 N–H and O–H groups in total. The number of urea groups is 1. The van der Waals surface area contributed by atoms with Gasteiger partial charge in [0.15, 0.2) is 5.84 Å². The number of rotatable bonds is 2. The van der Waals surface area contributed by atoms with E-state index < -0.39 is 17.9 Å². The Morgan fingerprint density at radius 1 is 1.42 bits per heavy atom. The predicted octanol–water partition coefficient (Wildman–Crippen LogP) is 0.932. The van der Waals surface area contributed by atoms with Gasteiger partial charge in [-0.1, -0.05) is 6.07 Å². The maximum atomic E-state index is 12.5. The van der Waals surface area contributed by atoms with Gasteiger partial charge in [-0.2, -0.15) is 18.2 Å². The van der Waals surface area contributed by atoms with E-state index in [4.69, 9.17) is 0 Å². The van der Waals surface area contributed by atoms with E-state index in [0.29, 0.717) is 0 Å². The zero-order chi connectivity index (χ0) is 14.5. The summed E-state index contributed by atoms with van der Waals surface area (Å²) < 4.78 is 37.4. The molecule has 102 valence electrons. The minimum absolute atomic E-state index is 0.0905. The fourth-order valence-electron chi connectivity index (χ4n) is 1.11. The maximum Gasteiger partial charge on any atom is 0.433 e. The van der Waals surface area contributed by atoms with Crippen molar-refractivity contribution < 1.29 is 22.8 Å². The lowest BCUT2D eigenvalue weighted by Crippen LogP contribution is -2.38. The van der Waals surface area contributed by atoms with Crippen LogP contribution < -0.4 is 10.6 Å². The van der Waals surface area contributed by atoms with E-state index in [1.807, 2.05) is 0 Å². The minimum Gasteiger partial charge on any atom is -0.341 e. The molecule has 0 saturated carbocycles. The largest absolute Gasteiger partial charge is 0.433 e. The minimum atomic E-state index is -4.63. The second kappa shape index (κ2) is 5.94. The Kier molecular flexibility index (Phi) is 4.56. The highest BCUT2D eigenvalue weighted by Crippen LogP contribution is 2.27. The van der Waals surface area contributed by atoms with Crippen LogP contribution >= 0.6 is 0 Å². The van der Waals surface area contributed by atoms with E-state index >= 15 is 0 Å². The molecule has 1 aromatic rings. The fourth-order valence-corrected chi connectivity index (χ4v) is 1.11. The highest BCUT2D eigenvalue weighted by Gasteiger charge is 2.32. The Morgan fingerprint density at radius 2 is 2.11 bits per heavy atom. The summed E-state index contributed by atoms with van der Waals surface area (Å²) in [7, 11) is 1.30. The topological polar surface area (TPSA) is 83.5 Å². The number of pyridine rings is 1. The Bertz CT molecular complexity index is 514. The van der Waals surface area contributed by atoms with E-state index in [0.717, 1.165) is 12.1 Å². The zero-order valence-corrected chi connectivity index (χ0v) is 9.65. The van der Waals surface area contributed by atoms with Crippen LogP contribution in [0.3, 0.4) is 0 Å². The molecule has 0 spiro atoms. The number of amides is 3. The highest BCUT2D eigenvalue weighted by molar-refractivity contribution is 6.08. The van der Waals surface area contributed by atoms with Crippen molar-refractivity contribution in [2.45, 2.75) is 6.18 Å². The number of hydrogen-bond acceptors (Lipinski definition) is 3. The lowest BCUT2D eigenvalue weighted by molar-refractivity contribution is -0.141. The molecule has 0 radical (unpaired) electrons. The Balaban J connectivity index is 3.14. The molecular formula is C10H9F3N4O2. The van der Waals surface area contributed by atoms with E-state index in [2.05, 4.69) is 20.6 Å². The summed E-state index contributed by atoms with van der Waals surface area (Å²) in [6.07, 6.45) is -4.54. The second-order valence-electron chi connectivity index (χ2n) is 3.19. The Hall–Kier alpha value is -2.45. The summed E-state index contributed by atoms with van der Waals surface area (Å²) in [5, 5.41) is 4.27. The number of alkyl halides is 3. The Labute approximate surface area is 105 Å². The average molecular weight is 274 g/mol. The first-order chi connectivity index (χ1) is 8.88. The molecule has 0 bridgehead atoms. The van der Waals surface area contributed by atoms with Crippen LogP contribution in [0.4, 0.5) is 18.0 Å². The summed E-state index contributed by atoms with van der Waals surface area (Å²) >= 11 is 0. The molecule has 6 nitrogen and oxygen atoms in total. The van der Waals surface area contributed by atoms with Crippen LogP contribution in [0.5, 0.6) is 0 Å². The van der Waals surface area contributed by atoms with Crippen molar-refractivity contribution in [2.24, 2.45) is 4.99 Å². The lowest BCUT2D eigenvalue weighted by Gasteiger charge is -2.09. The van der Waals surface area contributed by atoms with Crippen LogP contribution in [0.15, 0.2) is 23.2 Å². The molecule has 0 aliphatic heterocycles. The molecule has 0 saturated heterocycles. The molecule has 1 rings (SSSR count). The van der Waals surface area contributed by atoms with E-state index in [-0.39, 0.29) is 17.9 Å². The third-order valence-corrected chi connectivity index (χ3v) is 1.92. The SMILES string of the molecule is CNC(=O)NC(=NC=O)c1cccc(C(F)(F)F)n1. The molecule has 9 heteroatoms. The van der Waals surface area contributed by atoms with Crippen molar-refractivity contribution in [1.29, 1.82) is 0 Å². The first kappa shape index (κ1) is 14.6. The van der Waals surface area contributed by atoms with Crippen LogP contribution in [0.2, 0.25) is 0 Å². The van der Waals surface area contributed by atoms with Crippen molar-refractivity contribution in [3.63, 3.8) is 0 Å². The van der Waals surface area contributed by atoms with Gasteiger partial charge >= 0.3 is 12.2 Å². The van der Waals surface area contributed by atoms with Gasteiger partial charge in [-0.15, -0.1) is 0 Å². The van der Waals surface area contributed by atoms with Crippen LogP contribution in [-0.4, -0.2) is 30.3 Å². The van der Waals surface area contributed by atoms with Crippen LogP contribution in [0.1, 0.15) is 11.4 Å². The molecule has 1 heterocycles. The number of hydrogen-bond donors (Lipinski definition) is 2. The molecule has 0 atom stereocenters. The second-order valence-corrected chi connectivity index (χ2v) is 3.19. The summed E-state index contributed by atoms with van der Waals surface area (Å²) in [6, 6.07) is 2.31. The highest BCUT2D eigenvalue weighted by atomic mass is 19.4. The average Bonchev–Trinajstić information content (AvgIpc) is 2.37. The molecule has 3 amide bonds. The summed E-state index contributed by atoms with van der Waals surface area (Å²) in [5.74, 6) is -0.375. The first-order valence-electron chi connectivity index (χ1n) is 4.93. The molecule has 19 heavy (non-hydrogen) atoms. The smallest absolute Gasteiger partial charge is 0.341 e. The Morgan fingerprint density at radius 3 is 2.63 bits per heavy atom. The fraction of sp³-hybridized carbons (Fsp3) is 0.200. The van der Waals surface area contributed by atoms with Gasteiger partial charge in [0.1, 0.15) is 11.4 Å². The van der Waals surface area contributed by atoms with E-state index in [1.54, 1.807) is 0 Å². The van der Waals surface area contributed by atoms with Gasteiger partial charge in [0, 0.05) is 7.05 Å². The van der Waals surface area contributed by atoms with Gasteiger partial charge in [0.25, 0.3) is 0 Å². The molecule has 0 aromatic carbocycles. The number of carbonyl (C=O) groups excluding carboxylic acids is 2. The van der Waals surface area contributed by atoms with Crippen molar-refractivity contribution >= 4 is 18.3 Å². The predicted molar refractivity (Wildman–Crippen MR) is 59.4 cm³/mol. The van der Waals surface area contributed by atoms with E-state index in [1.165, 1.54) is 13.1 Å². The molecule has 0 aliphatic rings. The number of amidine groups is 1. The third-order valence-electron chi connectivity index (χ3n) is 1.92. The maximum absolute atomic E-state index is 12.5. The molecule has 1 aromatic heterocycles. The van der Waals surface area contributed by atoms with Crippen molar-refractivity contribution in [1.82, 2.24) is 15.6 Å². The number of aromatic nitrogens is 1. The van der Waals surface area contributed by atoms with Gasteiger partial charge in [-0.3, -0.25) is 10.1 Å². The molecular weight excluding hydrogens is 265 g/mol. The number of halogens is 3. The number of aliphatic imine (C=N–C) groups is 1. The van der Waals surface area contributed by atoms with E-state index in [9.17, 15) is 22.8 Å². The van der Waals surface area contributed by atoms with Gasteiger partial charge in [0.2, 0.25) is 6.41 Å². The van der Waals surface area contributed by atoms with Crippen LogP contribution in [0.25, 0.3) is 0 Å². The third kappa shape index (κ3) is 4.05. The van der Waals surface area contributed by atoms with Gasteiger partial charge in [-0.25, -0.2) is 9.78 Å². The van der Waals surface area contributed by atoms with Gasteiger partial charge in [0.05, 0.1) is 0 Å². The number of nitrogens with zero attached hydrogens (tertiary/aromatic N) is 2. The molecule has 0 fully saturated rings. The van der Waals surface area contributed by atoms with Crippen molar-refractivity contribution in [2.75, 3.05) is 7.05 Å². The lowest BCUT2D eigenvalue weighted by atomic mass is 10.2. The number of nitrogens with one attached hydrogen (secondary N) is 2. The summed E-state index contributed by atoms with van der Waals surface area (Å²) in [4.78, 5) is 27.9. The molecule has 0 unspecified atom stereocenters. The summed E-state index contributed by atoms with van der Waals surface area (Å²) in [6.45, 7) is 0. The first-order valence-corrected chi connectivity index (χ1v) is 4.93. The van der Waals surface area contributed by atoms with Crippen LogP contribution in [0, 0.1) is 0 Å². The standard InChI is InChI=1S/C10H9F3N4O2/c1-14-9(19)17-8(15-5-18)6-3-2-4-7(16-6)10(11,12)13/h2-5H,1H3,(H2,14,15,17,18,19). The zero-order valence-electron chi connectivity index (χ0n) is 9.65. The van der Waals surface area contributed by atoms with Gasteiger partial charge in [-0.05, 0) is 12.1 Å². The monoisotopic (exact) mass is 274 g/mol. The van der Waals surface area contributed by atoms with Crippen molar-refractivity contribution in [3.05, 3.63) is 29.6 Å². The number of carbonyl (C=O) groups is 2.